The number of benzene rings is 2. The van der Waals surface area contributed by atoms with E-state index in [2.05, 4.69) is 5.10 Å². The first-order valence-electron chi connectivity index (χ1n) is 8.10. The van der Waals surface area contributed by atoms with Gasteiger partial charge in [0.2, 0.25) is 0 Å². The Balaban J connectivity index is 1.88. The Kier molecular flexibility index (Phi) is 4.58. The van der Waals surface area contributed by atoms with Gasteiger partial charge < -0.3 is 10.0 Å². The summed E-state index contributed by atoms with van der Waals surface area (Å²) < 4.78 is 0. The largest absolute Gasteiger partial charge is 0.507 e. The number of hydrogen-bond donors (Lipinski definition) is 1. The third kappa shape index (κ3) is 3.21. The Labute approximate surface area is 151 Å². The van der Waals surface area contributed by atoms with Gasteiger partial charge in [-0.2, -0.15) is 10.1 Å². The van der Waals surface area contributed by atoms with Crippen molar-refractivity contribution in [2.24, 2.45) is 5.10 Å². The first-order chi connectivity index (χ1) is 12.4. The highest BCUT2D eigenvalue weighted by atomic mass is 16.3. The number of phenolic OH excluding ortho intramolecular Hbond substituents is 1. The molecule has 0 saturated carbocycles. The van der Waals surface area contributed by atoms with Crippen LogP contribution in [0, 0.1) is 0 Å². The van der Waals surface area contributed by atoms with Gasteiger partial charge in [0.15, 0.2) is 0 Å². The summed E-state index contributed by atoms with van der Waals surface area (Å²) in [7, 11) is 3.90. The molecule has 6 nitrogen and oxygen atoms in total. The van der Waals surface area contributed by atoms with Gasteiger partial charge in [0.25, 0.3) is 11.8 Å². The first-order valence-corrected chi connectivity index (χ1v) is 8.10. The van der Waals surface area contributed by atoms with Crippen LogP contribution >= 0.6 is 0 Å². The molecule has 26 heavy (non-hydrogen) atoms. The molecule has 3 rings (SSSR count). The molecular weight excluding hydrogens is 330 g/mol. The summed E-state index contributed by atoms with van der Waals surface area (Å²) >= 11 is 0. The maximum Gasteiger partial charge on any atom is 0.285 e. The molecule has 1 aliphatic heterocycles. The summed E-state index contributed by atoms with van der Waals surface area (Å²) in [5, 5.41) is 14.7. The Morgan fingerprint density at radius 1 is 1.12 bits per heavy atom. The van der Waals surface area contributed by atoms with Gasteiger partial charge in [-0.05, 0) is 42.8 Å². The van der Waals surface area contributed by atoms with Crippen molar-refractivity contribution in [2.75, 3.05) is 19.0 Å². The zero-order valence-corrected chi connectivity index (χ0v) is 14.8. The predicted octanol–water partition coefficient (Wildman–Crippen LogP) is 2.90. The summed E-state index contributed by atoms with van der Waals surface area (Å²) in [5.41, 5.74) is 2.73. The van der Waals surface area contributed by atoms with Gasteiger partial charge in [-0.3, -0.25) is 9.59 Å². The van der Waals surface area contributed by atoms with Crippen LogP contribution in [0.3, 0.4) is 0 Å². The normalized spacial score (nSPS) is 15.3. The molecule has 0 unspecified atom stereocenters. The van der Waals surface area contributed by atoms with E-state index in [1.54, 1.807) is 25.1 Å². The van der Waals surface area contributed by atoms with E-state index in [-0.39, 0.29) is 11.3 Å². The average Bonchev–Trinajstić information content (AvgIpc) is 2.90. The Morgan fingerprint density at radius 3 is 2.38 bits per heavy atom. The lowest BCUT2D eigenvalue weighted by molar-refractivity contribution is -0.123. The van der Waals surface area contributed by atoms with Crippen LogP contribution in [0.1, 0.15) is 22.8 Å². The molecule has 2 aromatic carbocycles. The number of carbonyl (C=O) groups is 2. The van der Waals surface area contributed by atoms with E-state index in [1.165, 1.54) is 12.1 Å². The summed E-state index contributed by atoms with van der Waals surface area (Å²) in [4.78, 5) is 27.2. The third-order valence-electron chi connectivity index (χ3n) is 4.11. The number of para-hydroxylation sites is 1. The fourth-order valence-electron chi connectivity index (χ4n) is 2.63. The number of rotatable bonds is 3. The Bertz CT molecular complexity index is 928. The van der Waals surface area contributed by atoms with Crippen LogP contribution in [0.4, 0.5) is 5.69 Å². The highest BCUT2D eigenvalue weighted by Gasteiger charge is 2.33. The molecule has 2 aromatic rings. The summed E-state index contributed by atoms with van der Waals surface area (Å²) in [6.07, 6.45) is 1.71. The van der Waals surface area contributed by atoms with Crippen LogP contribution in [-0.4, -0.2) is 41.7 Å². The maximum atomic E-state index is 12.7. The van der Waals surface area contributed by atoms with E-state index < -0.39 is 11.8 Å². The molecule has 1 heterocycles. The van der Waals surface area contributed by atoms with E-state index in [0.717, 1.165) is 16.3 Å². The molecule has 0 fully saturated rings. The molecule has 1 aliphatic rings. The quantitative estimate of drug-likeness (QED) is 0.683. The number of phenols is 1. The van der Waals surface area contributed by atoms with Gasteiger partial charge in [-0.15, -0.1) is 0 Å². The predicted molar refractivity (Wildman–Crippen MR) is 101 cm³/mol. The fraction of sp³-hybridized carbons (Fsp3) is 0.150. The average molecular weight is 349 g/mol. The third-order valence-corrected chi connectivity index (χ3v) is 4.11. The minimum Gasteiger partial charge on any atom is -0.507 e. The van der Waals surface area contributed by atoms with Crippen LogP contribution in [0.15, 0.2) is 59.2 Å². The minimum absolute atomic E-state index is 0.0361. The second-order valence-electron chi connectivity index (χ2n) is 6.17. The van der Waals surface area contributed by atoms with E-state index in [1.807, 2.05) is 43.3 Å². The van der Waals surface area contributed by atoms with Crippen LogP contribution in [-0.2, 0) is 4.79 Å². The van der Waals surface area contributed by atoms with Crippen LogP contribution in [0.25, 0.3) is 6.08 Å². The molecule has 0 atom stereocenters. The van der Waals surface area contributed by atoms with E-state index in [4.69, 9.17) is 0 Å². The summed E-state index contributed by atoms with van der Waals surface area (Å²) in [6, 6.07) is 13.8. The topological polar surface area (TPSA) is 73.2 Å². The number of nitrogens with zero attached hydrogens (tertiary/aromatic N) is 3. The zero-order valence-electron chi connectivity index (χ0n) is 14.8. The number of hydrazone groups is 1. The molecule has 1 N–H and O–H groups in total. The van der Waals surface area contributed by atoms with Gasteiger partial charge in [0.05, 0.1) is 16.8 Å². The van der Waals surface area contributed by atoms with Gasteiger partial charge in [0, 0.05) is 19.8 Å². The van der Waals surface area contributed by atoms with Crippen molar-refractivity contribution in [3.8, 4) is 5.75 Å². The van der Waals surface area contributed by atoms with Crippen molar-refractivity contribution in [3.63, 3.8) is 0 Å². The van der Waals surface area contributed by atoms with Gasteiger partial charge in [-0.25, -0.2) is 0 Å². The molecule has 0 bridgehead atoms. The molecule has 0 aromatic heterocycles. The zero-order chi connectivity index (χ0) is 18.8. The number of hydrogen-bond acceptors (Lipinski definition) is 5. The highest BCUT2D eigenvalue weighted by molar-refractivity contribution is 6.30. The fourth-order valence-corrected chi connectivity index (χ4v) is 2.63. The second kappa shape index (κ2) is 6.84. The van der Waals surface area contributed by atoms with Crippen LogP contribution < -0.4 is 4.90 Å². The smallest absolute Gasteiger partial charge is 0.285 e. The number of imide groups is 1. The van der Waals surface area contributed by atoms with Gasteiger partial charge in [-0.1, -0.05) is 24.3 Å². The molecule has 6 heteroatoms. The molecule has 0 saturated heterocycles. The number of carbonyl (C=O) groups excluding carboxylic acids is 2. The lowest BCUT2D eigenvalue weighted by Gasteiger charge is -2.12. The van der Waals surface area contributed by atoms with E-state index in [9.17, 15) is 14.7 Å². The van der Waals surface area contributed by atoms with Crippen molar-refractivity contribution in [1.29, 1.82) is 0 Å². The second-order valence-corrected chi connectivity index (χ2v) is 6.17. The van der Waals surface area contributed by atoms with Gasteiger partial charge in [0.1, 0.15) is 5.75 Å². The molecule has 0 aliphatic carbocycles. The summed E-state index contributed by atoms with van der Waals surface area (Å²) in [5.74, 6) is -1.35. The number of aromatic hydroxyl groups is 1. The SMILES string of the molecule is CC1=NN(C(=O)c2ccccc2O)C(=O)/C1=C\c1ccc(N(C)C)cc1. The summed E-state index contributed by atoms with van der Waals surface area (Å²) in [6.45, 7) is 1.68. The lowest BCUT2D eigenvalue weighted by Crippen LogP contribution is -2.29. The Morgan fingerprint density at radius 2 is 1.77 bits per heavy atom. The highest BCUT2D eigenvalue weighted by Crippen LogP contribution is 2.24. The standard InChI is InChI=1S/C20H19N3O3/c1-13-17(12-14-8-10-15(11-9-14)22(2)3)20(26)23(21-13)19(25)16-6-4-5-7-18(16)24/h4-12,24H,1-3H3/b17-12-. The van der Waals surface area contributed by atoms with E-state index >= 15 is 0 Å². The van der Waals surface area contributed by atoms with Crippen molar-refractivity contribution in [3.05, 3.63) is 65.2 Å². The minimum atomic E-state index is -0.654. The van der Waals surface area contributed by atoms with Crippen molar-refractivity contribution in [2.45, 2.75) is 6.92 Å². The molecule has 132 valence electrons. The van der Waals surface area contributed by atoms with Gasteiger partial charge >= 0.3 is 0 Å². The molecule has 0 spiro atoms. The Hall–Kier alpha value is -3.41. The van der Waals surface area contributed by atoms with Crippen molar-refractivity contribution in [1.82, 2.24) is 5.01 Å². The molecule has 0 radical (unpaired) electrons. The number of anilines is 1. The van der Waals surface area contributed by atoms with Crippen molar-refractivity contribution >= 4 is 29.3 Å². The molecular formula is C20H19N3O3. The monoisotopic (exact) mass is 349 g/mol. The first kappa shape index (κ1) is 17.4. The van der Waals surface area contributed by atoms with Crippen LogP contribution in [0.2, 0.25) is 0 Å². The van der Waals surface area contributed by atoms with Crippen LogP contribution in [0.5, 0.6) is 5.75 Å². The number of amides is 2. The molecule has 2 amide bonds. The lowest BCUT2D eigenvalue weighted by atomic mass is 10.1. The van der Waals surface area contributed by atoms with Crippen molar-refractivity contribution < 1.29 is 14.7 Å². The van der Waals surface area contributed by atoms with E-state index in [0.29, 0.717) is 11.3 Å². The maximum absolute atomic E-state index is 12.7.